The van der Waals surface area contributed by atoms with E-state index in [-0.39, 0.29) is 5.78 Å². The summed E-state index contributed by atoms with van der Waals surface area (Å²) in [6.45, 7) is 4.44. The lowest BCUT2D eigenvalue weighted by Gasteiger charge is -2.18. The number of ketones is 1. The van der Waals surface area contributed by atoms with E-state index in [1.165, 1.54) is 41.5 Å². The van der Waals surface area contributed by atoms with Crippen molar-refractivity contribution in [1.29, 1.82) is 0 Å². The Balaban J connectivity index is 2.06. The second-order valence-corrected chi connectivity index (χ2v) is 7.34. The first-order chi connectivity index (χ1) is 13.8. The number of carbonyl (C=O) groups excluding carboxylic acids is 1. The lowest BCUT2D eigenvalue weighted by Crippen LogP contribution is -2.09. The van der Waals surface area contributed by atoms with Gasteiger partial charge in [0, 0.05) is 11.1 Å². The minimum absolute atomic E-state index is 0.139. The Morgan fingerprint density at radius 3 is 2.04 bits per heavy atom. The monoisotopic (exact) mass is 370 g/mol. The molecule has 0 atom stereocenters. The van der Waals surface area contributed by atoms with E-state index in [1.807, 2.05) is 42.5 Å². The largest absolute Gasteiger partial charge is 0.289 e. The molecule has 0 N–H and O–H groups in total. The van der Waals surface area contributed by atoms with E-state index < -0.39 is 0 Å². The normalized spacial score (nSPS) is 10.8. The van der Waals surface area contributed by atoms with Crippen molar-refractivity contribution in [3.63, 3.8) is 0 Å². The second kappa shape index (κ2) is 10.0. The summed E-state index contributed by atoms with van der Waals surface area (Å²) in [5.41, 5.74) is 6.70. The number of benzene rings is 3. The highest BCUT2D eigenvalue weighted by Crippen LogP contribution is 2.31. The van der Waals surface area contributed by atoms with E-state index in [0.717, 1.165) is 30.4 Å². The summed E-state index contributed by atoms with van der Waals surface area (Å²) in [6.07, 6.45) is 6.73. The third kappa shape index (κ3) is 4.59. The Hall–Kier alpha value is -2.67. The van der Waals surface area contributed by atoms with Gasteiger partial charge in [-0.15, -0.1) is 0 Å². The highest BCUT2D eigenvalue weighted by Gasteiger charge is 2.19. The molecule has 144 valence electrons. The van der Waals surface area contributed by atoms with Gasteiger partial charge in [0.15, 0.2) is 5.78 Å². The maximum atomic E-state index is 13.3. The van der Waals surface area contributed by atoms with Crippen molar-refractivity contribution in [2.75, 3.05) is 0 Å². The zero-order valence-electron chi connectivity index (χ0n) is 17.1. The predicted octanol–water partition coefficient (Wildman–Crippen LogP) is 7.27. The van der Waals surface area contributed by atoms with Gasteiger partial charge in [0.25, 0.3) is 0 Å². The molecule has 0 aliphatic rings. The summed E-state index contributed by atoms with van der Waals surface area (Å²) in [4.78, 5) is 13.3. The Bertz CT molecular complexity index is 894. The molecule has 0 bridgehead atoms. The number of rotatable bonds is 9. The van der Waals surface area contributed by atoms with Crippen LogP contribution in [0.4, 0.5) is 0 Å². The molecule has 0 aromatic heterocycles. The van der Waals surface area contributed by atoms with Crippen LogP contribution in [0.15, 0.2) is 72.8 Å². The Kier molecular flexibility index (Phi) is 7.19. The number of hydrogen-bond acceptors (Lipinski definition) is 1. The minimum atomic E-state index is 0.139. The highest BCUT2D eigenvalue weighted by molar-refractivity contribution is 6.10. The van der Waals surface area contributed by atoms with Crippen molar-refractivity contribution in [1.82, 2.24) is 0 Å². The van der Waals surface area contributed by atoms with Gasteiger partial charge in [-0.25, -0.2) is 0 Å². The standard InChI is InChI=1S/C27H30O/c1-3-5-6-13-18-25-23(4-2)24(21-14-9-7-10-15-21)19-20-26(25)27(28)22-16-11-8-12-17-22/h7-12,14-17,19-20H,3-6,13,18H2,1-2H3. The van der Waals surface area contributed by atoms with Crippen LogP contribution in [0, 0.1) is 0 Å². The third-order valence-electron chi connectivity index (χ3n) is 5.43. The molecule has 3 aromatic rings. The van der Waals surface area contributed by atoms with Gasteiger partial charge in [-0.3, -0.25) is 4.79 Å². The van der Waals surface area contributed by atoms with Crippen LogP contribution < -0.4 is 0 Å². The number of unbranched alkanes of at least 4 members (excludes halogenated alkanes) is 3. The lowest BCUT2D eigenvalue weighted by molar-refractivity contribution is 0.103. The van der Waals surface area contributed by atoms with Gasteiger partial charge in [-0.05, 0) is 41.5 Å². The molecule has 0 saturated heterocycles. The quantitative estimate of drug-likeness (QED) is 0.286. The maximum absolute atomic E-state index is 13.3. The van der Waals surface area contributed by atoms with Gasteiger partial charge >= 0.3 is 0 Å². The Morgan fingerprint density at radius 2 is 1.39 bits per heavy atom. The molecule has 0 spiro atoms. The van der Waals surface area contributed by atoms with Crippen LogP contribution >= 0.6 is 0 Å². The second-order valence-electron chi connectivity index (χ2n) is 7.34. The molecule has 0 heterocycles. The van der Waals surface area contributed by atoms with Gasteiger partial charge < -0.3 is 0 Å². The smallest absolute Gasteiger partial charge is 0.193 e. The summed E-state index contributed by atoms with van der Waals surface area (Å²) >= 11 is 0. The maximum Gasteiger partial charge on any atom is 0.193 e. The zero-order chi connectivity index (χ0) is 19.8. The summed E-state index contributed by atoms with van der Waals surface area (Å²) in [7, 11) is 0. The van der Waals surface area contributed by atoms with Crippen LogP contribution in [0.3, 0.4) is 0 Å². The average molecular weight is 371 g/mol. The number of carbonyl (C=O) groups is 1. The molecule has 0 aliphatic carbocycles. The molecule has 3 aromatic carbocycles. The molecular weight excluding hydrogens is 340 g/mol. The fourth-order valence-electron chi connectivity index (χ4n) is 3.96. The SMILES string of the molecule is CCCCCCc1c(C(=O)c2ccccc2)ccc(-c2ccccc2)c1CC. The van der Waals surface area contributed by atoms with Gasteiger partial charge in [-0.2, -0.15) is 0 Å². The summed E-state index contributed by atoms with van der Waals surface area (Å²) in [5, 5.41) is 0. The average Bonchev–Trinajstić information content (AvgIpc) is 2.77. The molecule has 3 rings (SSSR count). The van der Waals surface area contributed by atoms with Gasteiger partial charge in [0.1, 0.15) is 0 Å². The first-order valence-electron chi connectivity index (χ1n) is 10.6. The van der Waals surface area contributed by atoms with Crippen LogP contribution in [0.1, 0.15) is 66.6 Å². The molecule has 1 heteroatoms. The molecule has 0 saturated carbocycles. The van der Waals surface area contributed by atoms with Crippen LogP contribution in [0.5, 0.6) is 0 Å². The topological polar surface area (TPSA) is 17.1 Å². The zero-order valence-corrected chi connectivity index (χ0v) is 17.1. The van der Waals surface area contributed by atoms with Crippen LogP contribution in [0.25, 0.3) is 11.1 Å². The van der Waals surface area contributed by atoms with Crippen molar-refractivity contribution >= 4 is 5.78 Å². The van der Waals surface area contributed by atoms with Crippen molar-refractivity contribution < 1.29 is 4.79 Å². The van der Waals surface area contributed by atoms with Crippen LogP contribution in [-0.4, -0.2) is 5.78 Å². The van der Waals surface area contributed by atoms with Gasteiger partial charge in [0.2, 0.25) is 0 Å². The van der Waals surface area contributed by atoms with Crippen molar-refractivity contribution in [3.05, 3.63) is 95.1 Å². The van der Waals surface area contributed by atoms with Crippen molar-refractivity contribution in [2.45, 2.75) is 52.4 Å². The molecule has 1 nitrogen and oxygen atoms in total. The van der Waals surface area contributed by atoms with Gasteiger partial charge in [-0.1, -0.05) is 106 Å². The summed E-state index contributed by atoms with van der Waals surface area (Å²) in [5.74, 6) is 0.139. The summed E-state index contributed by atoms with van der Waals surface area (Å²) < 4.78 is 0. The Morgan fingerprint density at radius 1 is 0.714 bits per heavy atom. The fraction of sp³-hybridized carbons (Fsp3) is 0.296. The van der Waals surface area contributed by atoms with E-state index in [0.29, 0.717) is 0 Å². The first-order valence-corrected chi connectivity index (χ1v) is 10.6. The van der Waals surface area contributed by atoms with Crippen molar-refractivity contribution in [3.8, 4) is 11.1 Å². The first kappa shape index (κ1) is 20.1. The Labute approximate surface area is 169 Å². The molecular formula is C27H30O. The van der Waals surface area contributed by atoms with E-state index in [2.05, 4.69) is 44.2 Å². The molecule has 0 amide bonds. The number of hydrogen-bond donors (Lipinski definition) is 0. The van der Waals surface area contributed by atoms with Crippen LogP contribution in [0.2, 0.25) is 0 Å². The minimum Gasteiger partial charge on any atom is -0.289 e. The lowest BCUT2D eigenvalue weighted by atomic mass is 9.85. The predicted molar refractivity (Wildman–Crippen MR) is 119 cm³/mol. The molecule has 28 heavy (non-hydrogen) atoms. The molecule has 0 fully saturated rings. The molecule has 0 aliphatic heterocycles. The van der Waals surface area contributed by atoms with Crippen molar-refractivity contribution in [2.24, 2.45) is 0 Å². The molecule has 0 radical (unpaired) electrons. The van der Waals surface area contributed by atoms with E-state index in [1.54, 1.807) is 0 Å². The highest BCUT2D eigenvalue weighted by atomic mass is 16.1. The van der Waals surface area contributed by atoms with E-state index >= 15 is 0 Å². The van der Waals surface area contributed by atoms with E-state index in [4.69, 9.17) is 0 Å². The summed E-state index contributed by atoms with van der Waals surface area (Å²) in [6, 6.07) is 24.4. The molecule has 0 unspecified atom stereocenters. The van der Waals surface area contributed by atoms with Gasteiger partial charge in [0.05, 0.1) is 0 Å². The third-order valence-corrected chi connectivity index (χ3v) is 5.43. The van der Waals surface area contributed by atoms with Crippen LogP contribution in [-0.2, 0) is 12.8 Å². The van der Waals surface area contributed by atoms with E-state index in [9.17, 15) is 4.79 Å². The fourth-order valence-corrected chi connectivity index (χ4v) is 3.96.